The summed E-state index contributed by atoms with van der Waals surface area (Å²) in [5.74, 6) is 0.557. The van der Waals surface area contributed by atoms with E-state index in [1.807, 2.05) is 24.3 Å². The summed E-state index contributed by atoms with van der Waals surface area (Å²) in [4.78, 5) is 15.6. The van der Waals surface area contributed by atoms with Crippen LogP contribution in [0.25, 0.3) is 0 Å². The Morgan fingerprint density at radius 1 is 1.45 bits per heavy atom. The highest BCUT2D eigenvalue weighted by atomic mass is 32.2. The quantitative estimate of drug-likeness (QED) is 0.497. The van der Waals surface area contributed by atoms with E-state index in [0.29, 0.717) is 5.04 Å². The molecule has 0 spiro atoms. The van der Waals surface area contributed by atoms with Gasteiger partial charge in [0.25, 0.3) is 0 Å². The molecule has 0 fully saturated rings. The van der Waals surface area contributed by atoms with Gasteiger partial charge in [0.2, 0.25) is 5.91 Å². The van der Waals surface area contributed by atoms with Crippen LogP contribution in [0.4, 0.5) is 0 Å². The third-order valence-corrected chi connectivity index (χ3v) is 3.06. The maximum absolute atomic E-state index is 11.6. The van der Waals surface area contributed by atoms with Gasteiger partial charge in [-0.05, 0) is 35.2 Å². The van der Waals surface area contributed by atoms with Crippen LogP contribution in [0.5, 0.6) is 5.75 Å². The van der Waals surface area contributed by atoms with Gasteiger partial charge in [0, 0.05) is 7.05 Å². The second-order valence-electron chi connectivity index (χ2n) is 3.64. The van der Waals surface area contributed by atoms with Crippen LogP contribution in [0.15, 0.2) is 46.3 Å². The first kappa shape index (κ1) is 16.0. The van der Waals surface area contributed by atoms with Crippen LogP contribution in [0, 0.1) is 0 Å². The molecule has 5 nitrogen and oxygen atoms in total. The van der Waals surface area contributed by atoms with Gasteiger partial charge in [-0.1, -0.05) is 18.3 Å². The molecular formula is C14H17N3O2S. The number of amides is 1. The van der Waals surface area contributed by atoms with Crippen LogP contribution in [0.1, 0.15) is 12.0 Å². The Morgan fingerprint density at radius 3 is 2.70 bits per heavy atom. The second kappa shape index (κ2) is 8.92. The number of carbonyl (C=O) groups excluding carboxylic acids is 1. The van der Waals surface area contributed by atoms with Crippen molar-refractivity contribution < 1.29 is 9.53 Å². The molecular weight excluding hydrogens is 274 g/mol. The van der Waals surface area contributed by atoms with E-state index in [4.69, 9.17) is 4.74 Å². The average Bonchev–Trinajstić information content (AvgIpc) is 2.47. The minimum absolute atomic E-state index is 0.188. The highest BCUT2D eigenvalue weighted by Gasteiger charge is 2.05. The number of nitrogens with zero attached hydrogens (tertiary/aromatic N) is 2. The van der Waals surface area contributed by atoms with Gasteiger partial charge in [0.05, 0.1) is 24.8 Å². The fourth-order valence-corrected chi connectivity index (χ4v) is 1.83. The molecule has 0 aliphatic carbocycles. The van der Waals surface area contributed by atoms with Crippen molar-refractivity contribution in [1.82, 2.24) is 5.43 Å². The molecule has 0 radical (unpaired) electrons. The molecule has 20 heavy (non-hydrogen) atoms. The molecule has 0 aliphatic rings. The number of thioether (sulfide) groups is 1. The van der Waals surface area contributed by atoms with Gasteiger partial charge in [-0.25, -0.2) is 5.43 Å². The molecule has 0 bridgehead atoms. The maximum Gasteiger partial charge on any atom is 0.246 e. The fourth-order valence-electron chi connectivity index (χ4n) is 1.32. The Bertz CT molecular complexity index is 510. The molecule has 0 unspecified atom stereocenters. The van der Waals surface area contributed by atoms with Crippen molar-refractivity contribution in [3.8, 4) is 5.75 Å². The topological polar surface area (TPSA) is 63.0 Å². The van der Waals surface area contributed by atoms with E-state index in [2.05, 4.69) is 22.1 Å². The molecule has 1 rings (SSSR count). The van der Waals surface area contributed by atoms with Gasteiger partial charge >= 0.3 is 0 Å². The molecule has 6 heteroatoms. The third kappa shape index (κ3) is 5.71. The molecule has 0 aliphatic heterocycles. The maximum atomic E-state index is 11.6. The SMILES string of the molecule is C=CSC(CC(=O)N/N=C/c1ccc(OC)cc1)=NC. The summed E-state index contributed by atoms with van der Waals surface area (Å²) in [6.07, 6.45) is 1.76. The molecule has 1 aromatic rings. The minimum Gasteiger partial charge on any atom is -0.497 e. The zero-order valence-electron chi connectivity index (χ0n) is 11.5. The van der Waals surface area contributed by atoms with Crippen molar-refractivity contribution in [2.75, 3.05) is 14.2 Å². The molecule has 1 N–H and O–H groups in total. The fraction of sp³-hybridized carbons (Fsp3) is 0.214. The largest absolute Gasteiger partial charge is 0.497 e. The van der Waals surface area contributed by atoms with Crippen molar-refractivity contribution in [3.05, 3.63) is 41.8 Å². The van der Waals surface area contributed by atoms with Crippen LogP contribution in [0.2, 0.25) is 0 Å². The summed E-state index contributed by atoms with van der Waals surface area (Å²) in [6.45, 7) is 3.58. The Hall–Kier alpha value is -2.08. The smallest absolute Gasteiger partial charge is 0.246 e. The van der Waals surface area contributed by atoms with Gasteiger partial charge < -0.3 is 4.74 Å². The summed E-state index contributed by atoms with van der Waals surface area (Å²) < 4.78 is 5.05. The molecule has 0 atom stereocenters. The minimum atomic E-state index is -0.218. The number of hydrogen-bond acceptors (Lipinski definition) is 5. The van der Waals surface area contributed by atoms with Crippen molar-refractivity contribution in [2.24, 2.45) is 10.1 Å². The van der Waals surface area contributed by atoms with Crippen molar-refractivity contribution in [1.29, 1.82) is 0 Å². The van der Waals surface area contributed by atoms with E-state index >= 15 is 0 Å². The molecule has 0 saturated heterocycles. The zero-order valence-corrected chi connectivity index (χ0v) is 12.3. The standard InChI is InChI=1S/C14H17N3O2S/c1-4-20-14(15-2)9-13(18)17-16-10-11-5-7-12(19-3)8-6-11/h4-8,10H,1,9H2,2-3H3,(H,17,18)/b15-14?,16-10+. The van der Waals surface area contributed by atoms with Gasteiger partial charge in [0.15, 0.2) is 0 Å². The lowest BCUT2D eigenvalue weighted by atomic mass is 10.2. The Kier molecular flexibility index (Phi) is 7.13. The first-order valence-electron chi connectivity index (χ1n) is 5.88. The lowest BCUT2D eigenvalue weighted by molar-refractivity contribution is -0.119. The molecule has 0 saturated carbocycles. The summed E-state index contributed by atoms with van der Waals surface area (Å²) >= 11 is 1.33. The lowest BCUT2D eigenvalue weighted by Crippen LogP contribution is -2.19. The monoisotopic (exact) mass is 291 g/mol. The molecule has 1 amide bonds. The number of benzene rings is 1. The number of rotatable bonds is 6. The predicted molar refractivity (Wildman–Crippen MR) is 84.5 cm³/mol. The summed E-state index contributed by atoms with van der Waals surface area (Å²) in [7, 11) is 3.25. The molecule has 0 aromatic heterocycles. The van der Waals surface area contributed by atoms with Crippen LogP contribution in [0.3, 0.4) is 0 Å². The summed E-state index contributed by atoms with van der Waals surface area (Å²) in [5.41, 5.74) is 3.32. The van der Waals surface area contributed by atoms with Crippen LogP contribution in [-0.4, -0.2) is 31.3 Å². The number of nitrogens with one attached hydrogen (secondary N) is 1. The van der Waals surface area contributed by atoms with E-state index in [9.17, 15) is 4.79 Å². The number of carbonyl (C=O) groups is 1. The molecule has 0 heterocycles. The predicted octanol–water partition coefficient (Wildman–Crippen LogP) is 2.44. The number of hydrogen-bond donors (Lipinski definition) is 1. The molecule has 1 aromatic carbocycles. The first-order valence-corrected chi connectivity index (χ1v) is 6.76. The highest BCUT2D eigenvalue weighted by molar-refractivity contribution is 8.16. The lowest BCUT2D eigenvalue weighted by Gasteiger charge is -2.01. The average molecular weight is 291 g/mol. The van der Waals surface area contributed by atoms with E-state index in [0.717, 1.165) is 11.3 Å². The highest BCUT2D eigenvalue weighted by Crippen LogP contribution is 2.10. The van der Waals surface area contributed by atoms with Crippen LogP contribution < -0.4 is 10.2 Å². The van der Waals surface area contributed by atoms with Gasteiger partial charge in [-0.3, -0.25) is 9.79 Å². The zero-order chi connectivity index (χ0) is 14.8. The van der Waals surface area contributed by atoms with Gasteiger partial charge in [0.1, 0.15) is 5.75 Å². The van der Waals surface area contributed by atoms with Crippen LogP contribution in [-0.2, 0) is 4.79 Å². The summed E-state index contributed by atoms with van der Waals surface area (Å²) in [6, 6.07) is 7.35. The Balaban J connectivity index is 2.46. The van der Waals surface area contributed by atoms with Crippen molar-refractivity contribution >= 4 is 28.9 Å². The number of ether oxygens (including phenoxy) is 1. The van der Waals surface area contributed by atoms with E-state index in [1.165, 1.54) is 11.8 Å². The van der Waals surface area contributed by atoms with Crippen molar-refractivity contribution in [2.45, 2.75) is 6.42 Å². The van der Waals surface area contributed by atoms with E-state index in [-0.39, 0.29) is 12.3 Å². The number of methoxy groups -OCH3 is 1. The van der Waals surface area contributed by atoms with Gasteiger partial charge in [-0.15, -0.1) is 0 Å². The second-order valence-corrected chi connectivity index (χ2v) is 4.69. The molecule has 106 valence electrons. The van der Waals surface area contributed by atoms with E-state index < -0.39 is 0 Å². The van der Waals surface area contributed by atoms with Crippen LogP contribution >= 0.6 is 11.8 Å². The Morgan fingerprint density at radius 2 is 2.15 bits per heavy atom. The Labute approximate surface area is 122 Å². The summed E-state index contributed by atoms with van der Waals surface area (Å²) in [5, 5.41) is 6.22. The third-order valence-electron chi connectivity index (χ3n) is 2.30. The first-order chi connectivity index (χ1) is 9.69. The number of aliphatic imine (C=N–C) groups is 1. The van der Waals surface area contributed by atoms with E-state index in [1.54, 1.807) is 25.8 Å². The van der Waals surface area contributed by atoms with Crippen molar-refractivity contribution in [3.63, 3.8) is 0 Å². The van der Waals surface area contributed by atoms with Gasteiger partial charge in [-0.2, -0.15) is 5.10 Å². The number of hydrazone groups is 1. The normalized spacial score (nSPS) is 11.4.